The van der Waals surface area contributed by atoms with Gasteiger partial charge in [-0.2, -0.15) is 0 Å². The first-order valence-electron chi connectivity index (χ1n) is 10.0. The van der Waals surface area contributed by atoms with Gasteiger partial charge in [-0.3, -0.25) is 14.4 Å². The van der Waals surface area contributed by atoms with Crippen LogP contribution in [0, 0.1) is 0 Å². The maximum Gasteiger partial charge on any atom is 0.306 e. The lowest BCUT2D eigenvalue weighted by Gasteiger charge is -2.07. The van der Waals surface area contributed by atoms with Crippen LogP contribution in [0.15, 0.2) is 46.9 Å². The minimum atomic E-state index is -0.556. The van der Waals surface area contributed by atoms with E-state index in [9.17, 15) is 14.4 Å². The molecule has 0 saturated heterocycles. The predicted octanol–water partition coefficient (Wildman–Crippen LogP) is 3.71. The third-order valence-corrected chi connectivity index (χ3v) is 6.29. The highest BCUT2D eigenvalue weighted by atomic mass is 32.1. The van der Waals surface area contributed by atoms with Crippen molar-refractivity contribution < 1.29 is 23.5 Å². The molecule has 0 spiro atoms. The van der Waals surface area contributed by atoms with Crippen LogP contribution in [0.4, 0.5) is 5.00 Å². The van der Waals surface area contributed by atoms with E-state index in [4.69, 9.17) is 14.9 Å². The van der Waals surface area contributed by atoms with E-state index >= 15 is 0 Å². The molecule has 0 radical (unpaired) electrons. The maximum absolute atomic E-state index is 12.2. The van der Waals surface area contributed by atoms with Crippen LogP contribution in [-0.2, 0) is 33.6 Å². The molecule has 1 aromatic carbocycles. The Morgan fingerprint density at radius 2 is 1.90 bits per heavy atom. The van der Waals surface area contributed by atoms with Gasteiger partial charge in [-0.05, 0) is 37.0 Å². The third kappa shape index (κ3) is 4.86. The van der Waals surface area contributed by atoms with Crippen molar-refractivity contribution in [3.63, 3.8) is 0 Å². The second kappa shape index (κ2) is 9.18. The number of hydrogen-bond donors (Lipinski definition) is 2. The molecular formula is C23H22N2O5S. The van der Waals surface area contributed by atoms with Crippen LogP contribution >= 0.6 is 11.3 Å². The van der Waals surface area contributed by atoms with Crippen LogP contribution in [0.3, 0.4) is 0 Å². The largest absolute Gasteiger partial charge is 0.461 e. The monoisotopic (exact) mass is 438 g/mol. The Bertz CT molecular complexity index is 1120. The van der Waals surface area contributed by atoms with Crippen LogP contribution in [-0.4, -0.2) is 24.4 Å². The average Bonchev–Trinajstić information content (AvgIpc) is 3.47. The summed E-state index contributed by atoms with van der Waals surface area (Å²) in [5.74, 6) is -0.160. The number of hydrogen-bond acceptors (Lipinski definition) is 6. The van der Waals surface area contributed by atoms with Crippen molar-refractivity contribution in [2.24, 2.45) is 5.73 Å². The zero-order chi connectivity index (χ0) is 21.8. The smallest absolute Gasteiger partial charge is 0.306 e. The van der Waals surface area contributed by atoms with Crippen LogP contribution in [0.1, 0.15) is 39.4 Å². The lowest BCUT2D eigenvalue weighted by Crippen LogP contribution is -2.22. The van der Waals surface area contributed by atoms with E-state index in [-0.39, 0.29) is 6.42 Å². The van der Waals surface area contributed by atoms with Crippen LogP contribution in [0.25, 0.3) is 11.3 Å². The van der Waals surface area contributed by atoms with Gasteiger partial charge in [0.1, 0.15) is 16.5 Å². The van der Waals surface area contributed by atoms with E-state index in [0.29, 0.717) is 22.7 Å². The summed E-state index contributed by atoms with van der Waals surface area (Å²) in [5.41, 5.74) is 7.75. The Kier molecular flexibility index (Phi) is 6.18. The summed E-state index contributed by atoms with van der Waals surface area (Å²) in [6.45, 7) is -0.424. The summed E-state index contributed by atoms with van der Waals surface area (Å²) < 4.78 is 10.8. The van der Waals surface area contributed by atoms with Crippen molar-refractivity contribution in [1.29, 1.82) is 0 Å². The number of anilines is 1. The van der Waals surface area contributed by atoms with Crippen LogP contribution in [0.2, 0.25) is 0 Å². The molecule has 3 N–H and O–H groups in total. The molecule has 2 aromatic heterocycles. The fourth-order valence-electron chi connectivity index (χ4n) is 3.63. The van der Waals surface area contributed by atoms with Crippen molar-refractivity contribution in [3.8, 4) is 11.3 Å². The van der Waals surface area contributed by atoms with E-state index < -0.39 is 24.4 Å². The van der Waals surface area contributed by atoms with Gasteiger partial charge in [-0.1, -0.05) is 30.3 Å². The molecule has 2 amide bonds. The van der Waals surface area contributed by atoms with E-state index in [0.717, 1.165) is 41.0 Å². The van der Waals surface area contributed by atoms with Crippen molar-refractivity contribution in [2.45, 2.75) is 32.1 Å². The number of aryl methyl sites for hydroxylation is 2. The minimum absolute atomic E-state index is 0.0921. The first-order chi connectivity index (χ1) is 15.0. The van der Waals surface area contributed by atoms with Crippen molar-refractivity contribution >= 4 is 34.1 Å². The van der Waals surface area contributed by atoms with E-state index in [2.05, 4.69) is 5.32 Å². The number of esters is 1. The van der Waals surface area contributed by atoms with Crippen molar-refractivity contribution in [3.05, 3.63) is 64.2 Å². The first-order valence-corrected chi connectivity index (χ1v) is 10.9. The van der Waals surface area contributed by atoms with Gasteiger partial charge >= 0.3 is 5.97 Å². The maximum atomic E-state index is 12.2. The summed E-state index contributed by atoms with van der Waals surface area (Å²) in [6, 6.07) is 13.4. The summed E-state index contributed by atoms with van der Waals surface area (Å²) in [4.78, 5) is 37.1. The molecule has 2 heterocycles. The van der Waals surface area contributed by atoms with Gasteiger partial charge in [0.05, 0.1) is 12.0 Å². The van der Waals surface area contributed by atoms with Gasteiger partial charge in [0.2, 0.25) is 0 Å². The Morgan fingerprint density at radius 1 is 1.10 bits per heavy atom. The number of benzene rings is 1. The van der Waals surface area contributed by atoms with Gasteiger partial charge in [0, 0.05) is 16.9 Å². The van der Waals surface area contributed by atoms with Crippen LogP contribution < -0.4 is 11.1 Å². The summed E-state index contributed by atoms with van der Waals surface area (Å²) in [6.07, 6.45) is 3.11. The minimum Gasteiger partial charge on any atom is -0.461 e. The van der Waals surface area contributed by atoms with Gasteiger partial charge < -0.3 is 20.2 Å². The number of carbonyl (C=O) groups excluding carboxylic acids is 3. The molecule has 0 saturated carbocycles. The number of amides is 2. The molecule has 0 bridgehead atoms. The molecule has 31 heavy (non-hydrogen) atoms. The molecule has 0 unspecified atom stereocenters. The molecular weight excluding hydrogens is 416 g/mol. The molecule has 4 rings (SSSR count). The number of fused-ring (bicyclic) bond motifs is 1. The number of furan rings is 1. The van der Waals surface area contributed by atoms with Gasteiger partial charge in [-0.15, -0.1) is 11.3 Å². The Hall–Kier alpha value is -3.39. The topological polar surface area (TPSA) is 112 Å². The SMILES string of the molecule is NC(=O)c1c(NC(=O)COC(=O)CCc2ccc(-c3ccccc3)o2)sc2c1CCC2. The summed E-state index contributed by atoms with van der Waals surface area (Å²) >= 11 is 1.36. The lowest BCUT2D eigenvalue weighted by molar-refractivity contribution is -0.147. The number of primary amides is 1. The predicted molar refractivity (Wildman–Crippen MR) is 117 cm³/mol. The second-order valence-electron chi connectivity index (χ2n) is 7.27. The van der Waals surface area contributed by atoms with E-state index in [1.54, 1.807) is 0 Å². The number of nitrogens with one attached hydrogen (secondary N) is 1. The lowest BCUT2D eigenvalue weighted by atomic mass is 10.1. The molecule has 1 aliphatic carbocycles. The number of rotatable bonds is 8. The van der Waals surface area contributed by atoms with Gasteiger partial charge in [-0.25, -0.2) is 0 Å². The standard InChI is InChI=1S/C23H22N2O5S/c24-22(28)21-16-7-4-8-18(16)31-23(21)25-19(26)13-29-20(27)12-10-15-9-11-17(30-15)14-5-2-1-3-6-14/h1-3,5-6,9,11H,4,7-8,10,12-13H2,(H2,24,28)(H,25,26). The average molecular weight is 439 g/mol. The molecule has 160 valence electrons. The number of thiophene rings is 1. The highest BCUT2D eigenvalue weighted by Gasteiger charge is 2.26. The molecule has 1 aliphatic rings. The molecule has 3 aromatic rings. The number of nitrogens with two attached hydrogens (primary N) is 1. The molecule has 0 atom stereocenters. The zero-order valence-corrected chi connectivity index (χ0v) is 17.6. The fraction of sp³-hybridized carbons (Fsp3) is 0.261. The van der Waals surface area contributed by atoms with E-state index in [1.165, 1.54) is 11.3 Å². The molecule has 0 fully saturated rings. The first kappa shape index (κ1) is 20.9. The normalized spacial score (nSPS) is 12.4. The van der Waals surface area contributed by atoms with Crippen molar-refractivity contribution in [1.82, 2.24) is 0 Å². The van der Waals surface area contributed by atoms with Gasteiger partial charge in [0.15, 0.2) is 6.61 Å². The summed E-state index contributed by atoms with van der Waals surface area (Å²) in [7, 11) is 0. The fourth-order valence-corrected chi connectivity index (χ4v) is 4.94. The Morgan fingerprint density at radius 3 is 2.68 bits per heavy atom. The second-order valence-corrected chi connectivity index (χ2v) is 8.37. The molecule has 7 nitrogen and oxygen atoms in total. The number of ether oxygens (including phenoxy) is 1. The Labute approximate surface area is 183 Å². The van der Waals surface area contributed by atoms with E-state index in [1.807, 2.05) is 42.5 Å². The molecule has 8 heteroatoms. The molecule has 0 aliphatic heterocycles. The highest BCUT2D eigenvalue weighted by molar-refractivity contribution is 7.17. The third-order valence-electron chi connectivity index (χ3n) is 5.08. The zero-order valence-electron chi connectivity index (χ0n) is 16.8. The van der Waals surface area contributed by atoms with Gasteiger partial charge in [0.25, 0.3) is 11.8 Å². The quantitative estimate of drug-likeness (QED) is 0.521. The Balaban J connectivity index is 1.26. The van der Waals surface area contributed by atoms with Crippen molar-refractivity contribution in [2.75, 3.05) is 11.9 Å². The highest BCUT2D eigenvalue weighted by Crippen LogP contribution is 2.38. The summed E-state index contributed by atoms with van der Waals surface area (Å²) in [5, 5.41) is 3.09. The van der Waals surface area contributed by atoms with Crippen LogP contribution in [0.5, 0.6) is 0 Å². The number of carbonyl (C=O) groups is 3.